The van der Waals surface area contributed by atoms with Gasteiger partial charge in [0.15, 0.2) is 0 Å². The normalized spacial score (nSPS) is 15.3. The predicted octanol–water partition coefficient (Wildman–Crippen LogP) is 1.52. The number of hydrogen-bond acceptors (Lipinski definition) is 2. The van der Waals surface area contributed by atoms with Gasteiger partial charge in [-0.3, -0.25) is 4.79 Å². The van der Waals surface area contributed by atoms with Gasteiger partial charge in [-0.25, -0.2) is 0 Å². The second-order valence-electron chi connectivity index (χ2n) is 4.52. The molecule has 0 spiro atoms. The Morgan fingerprint density at radius 1 is 1.21 bits per heavy atom. The highest BCUT2D eigenvalue weighted by atomic mass is 16.1. The Morgan fingerprint density at radius 2 is 1.79 bits per heavy atom. The second kappa shape index (κ2) is 6.82. The maximum absolute atomic E-state index is 11.4. The Labute approximate surface area is 87.4 Å². The van der Waals surface area contributed by atoms with Crippen molar-refractivity contribution in [2.75, 3.05) is 6.54 Å². The Bertz CT molecular complexity index is 169. The van der Waals surface area contributed by atoms with Gasteiger partial charge in [0, 0.05) is 18.5 Å². The van der Waals surface area contributed by atoms with Gasteiger partial charge in [0.25, 0.3) is 0 Å². The van der Waals surface area contributed by atoms with Gasteiger partial charge >= 0.3 is 0 Å². The van der Waals surface area contributed by atoms with E-state index in [0.717, 1.165) is 12.8 Å². The molecule has 3 N–H and O–H groups in total. The lowest BCUT2D eigenvalue weighted by Crippen LogP contribution is -2.38. The monoisotopic (exact) mass is 200 g/mol. The Hall–Kier alpha value is -0.570. The summed E-state index contributed by atoms with van der Waals surface area (Å²) in [5, 5.41) is 2.97. The number of nitrogens with one attached hydrogen (secondary N) is 1. The third-order valence-electron chi connectivity index (χ3n) is 2.37. The number of carbonyl (C=O) groups is 1. The smallest absolute Gasteiger partial charge is 0.224 e. The first-order chi connectivity index (χ1) is 6.47. The zero-order valence-corrected chi connectivity index (χ0v) is 9.84. The first-order valence-electron chi connectivity index (χ1n) is 5.47. The van der Waals surface area contributed by atoms with Gasteiger partial charge in [-0.05, 0) is 25.7 Å². The van der Waals surface area contributed by atoms with Crippen LogP contribution < -0.4 is 11.1 Å². The molecule has 0 saturated heterocycles. The van der Waals surface area contributed by atoms with Crippen LogP contribution in [0.25, 0.3) is 0 Å². The van der Waals surface area contributed by atoms with Crippen LogP contribution >= 0.6 is 0 Å². The Balaban J connectivity index is 3.71. The van der Waals surface area contributed by atoms with Crippen molar-refractivity contribution in [3.63, 3.8) is 0 Å². The number of amides is 1. The molecule has 3 heteroatoms. The van der Waals surface area contributed by atoms with Crippen molar-refractivity contribution in [2.45, 2.75) is 46.6 Å². The van der Waals surface area contributed by atoms with Gasteiger partial charge in [0.05, 0.1) is 0 Å². The molecule has 0 aliphatic heterocycles. The lowest BCUT2D eigenvalue weighted by molar-refractivity contribution is -0.124. The summed E-state index contributed by atoms with van der Waals surface area (Å²) >= 11 is 0. The molecule has 14 heavy (non-hydrogen) atoms. The fourth-order valence-corrected chi connectivity index (χ4v) is 1.15. The molecule has 0 fully saturated rings. The minimum Gasteiger partial charge on any atom is -0.353 e. The van der Waals surface area contributed by atoms with E-state index in [1.807, 2.05) is 13.8 Å². The van der Waals surface area contributed by atoms with Gasteiger partial charge in [-0.15, -0.1) is 0 Å². The number of carbonyl (C=O) groups excluding carboxylic acids is 1. The van der Waals surface area contributed by atoms with Gasteiger partial charge < -0.3 is 11.1 Å². The highest BCUT2D eigenvalue weighted by Gasteiger charge is 2.13. The molecular formula is C11H24N2O. The summed E-state index contributed by atoms with van der Waals surface area (Å²) in [6, 6.07) is 0.263. The van der Waals surface area contributed by atoms with E-state index in [9.17, 15) is 4.79 Å². The molecule has 1 amide bonds. The fraction of sp³-hybridized carbons (Fsp3) is 0.909. The van der Waals surface area contributed by atoms with Crippen LogP contribution in [0.4, 0.5) is 0 Å². The van der Waals surface area contributed by atoms with Gasteiger partial charge in [-0.1, -0.05) is 20.8 Å². The summed E-state index contributed by atoms with van der Waals surface area (Å²) in [5.74, 6) is 0.696. The van der Waals surface area contributed by atoms with E-state index in [1.165, 1.54) is 0 Å². The van der Waals surface area contributed by atoms with Crippen molar-refractivity contribution >= 4 is 5.91 Å². The standard InChI is InChI=1S/C11H24N2O/c1-8(2)5-6-10(4)13-11(14)9(3)7-12/h8-10H,5-7,12H2,1-4H3,(H,13,14). The summed E-state index contributed by atoms with van der Waals surface area (Å²) < 4.78 is 0. The van der Waals surface area contributed by atoms with E-state index < -0.39 is 0 Å². The van der Waals surface area contributed by atoms with Crippen molar-refractivity contribution in [2.24, 2.45) is 17.6 Å². The van der Waals surface area contributed by atoms with Crippen LogP contribution in [0.5, 0.6) is 0 Å². The van der Waals surface area contributed by atoms with Crippen LogP contribution in [0.3, 0.4) is 0 Å². The quantitative estimate of drug-likeness (QED) is 0.683. The lowest BCUT2D eigenvalue weighted by atomic mass is 10.0. The molecule has 0 bridgehead atoms. The Kier molecular flexibility index (Phi) is 6.54. The highest BCUT2D eigenvalue weighted by molar-refractivity contribution is 5.78. The first-order valence-corrected chi connectivity index (χ1v) is 5.47. The zero-order chi connectivity index (χ0) is 11.1. The summed E-state index contributed by atoms with van der Waals surface area (Å²) in [6.45, 7) is 8.70. The largest absolute Gasteiger partial charge is 0.353 e. The molecule has 0 aliphatic carbocycles. The summed E-state index contributed by atoms with van der Waals surface area (Å²) in [4.78, 5) is 11.4. The maximum Gasteiger partial charge on any atom is 0.224 e. The van der Waals surface area contributed by atoms with Crippen LogP contribution in [-0.2, 0) is 4.79 Å². The molecule has 0 aromatic rings. The molecule has 84 valence electrons. The minimum absolute atomic E-state index is 0.0727. The van der Waals surface area contributed by atoms with Crippen molar-refractivity contribution in [1.82, 2.24) is 5.32 Å². The van der Waals surface area contributed by atoms with Crippen LogP contribution in [0, 0.1) is 11.8 Å². The number of rotatable bonds is 6. The molecule has 0 aliphatic rings. The molecule has 0 aromatic heterocycles. The minimum atomic E-state index is -0.0727. The van der Waals surface area contributed by atoms with E-state index in [1.54, 1.807) is 0 Å². The third-order valence-corrected chi connectivity index (χ3v) is 2.37. The number of nitrogens with two attached hydrogens (primary N) is 1. The van der Waals surface area contributed by atoms with Crippen LogP contribution in [0.15, 0.2) is 0 Å². The van der Waals surface area contributed by atoms with E-state index >= 15 is 0 Å². The zero-order valence-electron chi connectivity index (χ0n) is 9.84. The second-order valence-corrected chi connectivity index (χ2v) is 4.52. The summed E-state index contributed by atoms with van der Waals surface area (Å²) in [5.41, 5.74) is 5.41. The van der Waals surface area contributed by atoms with Crippen molar-refractivity contribution in [3.05, 3.63) is 0 Å². The molecule has 3 nitrogen and oxygen atoms in total. The topological polar surface area (TPSA) is 55.1 Å². The summed E-state index contributed by atoms with van der Waals surface area (Å²) in [6.07, 6.45) is 2.19. The van der Waals surface area contributed by atoms with Crippen molar-refractivity contribution < 1.29 is 4.79 Å². The molecule has 0 heterocycles. The van der Waals surface area contributed by atoms with E-state index in [0.29, 0.717) is 12.5 Å². The summed E-state index contributed by atoms with van der Waals surface area (Å²) in [7, 11) is 0. The number of hydrogen-bond donors (Lipinski definition) is 2. The van der Waals surface area contributed by atoms with Gasteiger partial charge in [0.1, 0.15) is 0 Å². The maximum atomic E-state index is 11.4. The first kappa shape index (κ1) is 13.4. The molecule has 0 radical (unpaired) electrons. The van der Waals surface area contributed by atoms with E-state index in [2.05, 4.69) is 19.2 Å². The van der Waals surface area contributed by atoms with E-state index in [4.69, 9.17) is 5.73 Å². The molecule has 2 atom stereocenters. The SMILES string of the molecule is CC(C)CCC(C)NC(=O)C(C)CN. The van der Waals surface area contributed by atoms with Gasteiger partial charge in [0.2, 0.25) is 5.91 Å². The molecule has 0 saturated carbocycles. The van der Waals surface area contributed by atoms with Crippen LogP contribution in [0.1, 0.15) is 40.5 Å². The molecule has 2 unspecified atom stereocenters. The van der Waals surface area contributed by atoms with Crippen molar-refractivity contribution in [1.29, 1.82) is 0 Å². The highest BCUT2D eigenvalue weighted by Crippen LogP contribution is 2.06. The molecule has 0 rings (SSSR count). The predicted molar refractivity (Wildman–Crippen MR) is 59.9 cm³/mol. The van der Waals surface area contributed by atoms with Crippen LogP contribution in [-0.4, -0.2) is 18.5 Å². The fourth-order valence-electron chi connectivity index (χ4n) is 1.15. The van der Waals surface area contributed by atoms with Crippen molar-refractivity contribution in [3.8, 4) is 0 Å². The lowest BCUT2D eigenvalue weighted by Gasteiger charge is -2.17. The Morgan fingerprint density at radius 3 is 2.21 bits per heavy atom. The van der Waals surface area contributed by atoms with E-state index in [-0.39, 0.29) is 17.9 Å². The molecular weight excluding hydrogens is 176 g/mol. The van der Waals surface area contributed by atoms with Gasteiger partial charge in [-0.2, -0.15) is 0 Å². The average molecular weight is 200 g/mol. The van der Waals surface area contributed by atoms with Crippen LogP contribution in [0.2, 0.25) is 0 Å². The average Bonchev–Trinajstić information content (AvgIpc) is 2.13. The molecule has 0 aromatic carbocycles. The third kappa shape index (κ3) is 5.97.